The van der Waals surface area contributed by atoms with Gasteiger partial charge >= 0.3 is 0 Å². The summed E-state index contributed by atoms with van der Waals surface area (Å²) in [7, 11) is 0. The van der Waals surface area contributed by atoms with Crippen molar-refractivity contribution in [1.82, 2.24) is 0 Å². The van der Waals surface area contributed by atoms with Crippen LogP contribution in [0.2, 0.25) is 0 Å². The number of nitrogens with one attached hydrogen (secondary N) is 1. The summed E-state index contributed by atoms with van der Waals surface area (Å²) in [5.41, 5.74) is 9.33. The molecule has 5 N–H and O–H groups in total. The number of aromatic hydroxyl groups is 2. The molecular weight excluding hydrogens is 288 g/mol. The zero-order chi connectivity index (χ0) is 16.6. The summed E-state index contributed by atoms with van der Waals surface area (Å²) in [5.74, 6) is -0.179. The average Bonchev–Trinajstić information content (AvgIpc) is 2.52. The first kappa shape index (κ1) is 15.0. The zero-order valence-corrected chi connectivity index (χ0v) is 13.2. The van der Waals surface area contributed by atoms with E-state index >= 15 is 0 Å². The van der Waals surface area contributed by atoms with E-state index in [-0.39, 0.29) is 17.5 Å². The van der Waals surface area contributed by atoms with Crippen LogP contribution in [-0.4, -0.2) is 10.2 Å². The van der Waals surface area contributed by atoms with Crippen molar-refractivity contribution in [2.45, 2.75) is 19.9 Å². The molecule has 0 saturated heterocycles. The second kappa shape index (κ2) is 5.72. The van der Waals surface area contributed by atoms with Crippen LogP contribution < -0.4 is 11.1 Å². The van der Waals surface area contributed by atoms with Gasteiger partial charge in [-0.2, -0.15) is 0 Å². The molecule has 0 aromatic heterocycles. The Morgan fingerprint density at radius 1 is 1.04 bits per heavy atom. The Kier molecular flexibility index (Phi) is 3.74. The quantitative estimate of drug-likeness (QED) is 0.429. The first-order chi connectivity index (χ1) is 11.0. The lowest BCUT2D eigenvalue weighted by atomic mass is 10.0. The highest BCUT2D eigenvalue weighted by atomic mass is 16.3. The normalized spacial score (nSPS) is 12.3. The summed E-state index contributed by atoms with van der Waals surface area (Å²) in [6.07, 6.45) is 0. The van der Waals surface area contributed by atoms with Gasteiger partial charge in [-0.15, -0.1) is 0 Å². The second-order valence-corrected chi connectivity index (χ2v) is 5.82. The molecule has 0 aliphatic carbocycles. The predicted octanol–water partition coefficient (Wildman–Crippen LogP) is 4.31. The maximum atomic E-state index is 9.81. The van der Waals surface area contributed by atoms with Crippen LogP contribution >= 0.6 is 0 Å². The third-order valence-electron chi connectivity index (χ3n) is 4.11. The molecule has 0 amide bonds. The molecule has 3 aromatic carbocycles. The van der Waals surface area contributed by atoms with E-state index in [2.05, 4.69) is 5.32 Å². The van der Waals surface area contributed by atoms with Gasteiger partial charge in [-0.05, 0) is 48.6 Å². The van der Waals surface area contributed by atoms with Crippen LogP contribution in [0.25, 0.3) is 10.8 Å². The summed E-state index contributed by atoms with van der Waals surface area (Å²) >= 11 is 0. The Morgan fingerprint density at radius 2 is 1.74 bits per heavy atom. The van der Waals surface area contributed by atoms with Crippen LogP contribution in [-0.2, 0) is 0 Å². The molecule has 118 valence electrons. The van der Waals surface area contributed by atoms with E-state index < -0.39 is 0 Å². The van der Waals surface area contributed by atoms with Crippen molar-refractivity contribution in [3.05, 3.63) is 59.7 Å². The number of anilines is 2. The van der Waals surface area contributed by atoms with Gasteiger partial charge in [0.2, 0.25) is 0 Å². The highest BCUT2D eigenvalue weighted by molar-refractivity contribution is 6.02. The number of phenolic OH excluding ortho intramolecular Hbond substituents is 2. The minimum absolute atomic E-state index is 0.0505. The maximum absolute atomic E-state index is 9.81. The van der Waals surface area contributed by atoms with Crippen LogP contribution in [0.1, 0.15) is 24.1 Å². The lowest BCUT2D eigenvalue weighted by molar-refractivity contribution is 0.400. The van der Waals surface area contributed by atoms with Crippen molar-refractivity contribution in [3.8, 4) is 11.5 Å². The molecule has 0 aliphatic rings. The smallest absolute Gasteiger partial charge is 0.160 e. The molecule has 0 aliphatic heterocycles. The van der Waals surface area contributed by atoms with Crippen LogP contribution in [0.4, 0.5) is 11.4 Å². The van der Waals surface area contributed by atoms with E-state index in [4.69, 9.17) is 5.73 Å². The fourth-order valence-corrected chi connectivity index (χ4v) is 2.85. The van der Waals surface area contributed by atoms with Crippen molar-refractivity contribution >= 4 is 22.1 Å². The summed E-state index contributed by atoms with van der Waals surface area (Å²) < 4.78 is 0. The number of rotatable bonds is 3. The third-order valence-corrected chi connectivity index (χ3v) is 4.11. The van der Waals surface area contributed by atoms with Crippen molar-refractivity contribution < 1.29 is 10.2 Å². The summed E-state index contributed by atoms with van der Waals surface area (Å²) in [4.78, 5) is 0. The molecule has 0 bridgehead atoms. The summed E-state index contributed by atoms with van der Waals surface area (Å²) in [6, 6.07) is 15.2. The van der Waals surface area contributed by atoms with Crippen molar-refractivity contribution in [2.75, 3.05) is 11.1 Å². The van der Waals surface area contributed by atoms with Gasteiger partial charge < -0.3 is 21.3 Å². The molecule has 0 saturated carbocycles. The van der Waals surface area contributed by atoms with Crippen LogP contribution in [0.15, 0.2) is 48.5 Å². The first-order valence-electron chi connectivity index (χ1n) is 7.53. The largest absolute Gasteiger partial charge is 0.504 e. The Bertz CT molecular complexity index is 846. The number of benzene rings is 3. The Balaban J connectivity index is 1.99. The molecule has 1 unspecified atom stereocenters. The summed E-state index contributed by atoms with van der Waals surface area (Å²) in [6.45, 7) is 3.77. The fraction of sp³-hybridized carbons (Fsp3) is 0.158. The molecule has 0 spiro atoms. The van der Waals surface area contributed by atoms with Crippen LogP contribution in [0.3, 0.4) is 0 Å². The van der Waals surface area contributed by atoms with E-state index in [1.807, 2.05) is 49.4 Å². The minimum atomic E-state index is -0.105. The lowest BCUT2D eigenvalue weighted by Gasteiger charge is -2.19. The highest BCUT2D eigenvalue weighted by Gasteiger charge is 2.13. The number of hydrogen-bond donors (Lipinski definition) is 4. The molecule has 0 heterocycles. The van der Waals surface area contributed by atoms with Gasteiger partial charge in [-0.1, -0.05) is 30.3 Å². The monoisotopic (exact) mass is 308 g/mol. The Labute approximate surface area is 135 Å². The van der Waals surface area contributed by atoms with Crippen molar-refractivity contribution in [3.63, 3.8) is 0 Å². The van der Waals surface area contributed by atoms with Gasteiger partial charge in [0.1, 0.15) is 0 Å². The topological polar surface area (TPSA) is 78.5 Å². The second-order valence-electron chi connectivity index (χ2n) is 5.82. The van der Waals surface area contributed by atoms with E-state index in [1.54, 1.807) is 13.0 Å². The summed E-state index contributed by atoms with van der Waals surface area (Å²) in [5, 5.41) is 25.0. The standard InChI is InChI=1S/C19H20N2O2/c1-11-9-14(10-17(22)19(11)23)12(2)21-16-8-4-6-13-5-3-7-15(20)18(13)16/h3-10,12,21-23H,20H2,1-2H3. The van der Waals surface area contributed by atoms with Gasteiger partial charge in [0.25, 0.3) is 0 Å². The van der Waals surface area contributed by atoms with E-state index in [9.17, 15) is 10.2 Å². The molecule has 1 atom stereocenters. The molecule has 23 heavy (non-hydrogen) atoms. The molecule has 3 aromatic rings. The molecule has 4 nitrogen and oxygen atoms in total. The van der Waals surface area contributed by atoms with Crippen LogP contribution in [0, 0.1) is 6.92 Å². The van der Waals surface area contributed by atoms with Crippen molar-refractivity contribution in [1.29, 1.82) is 0 Å². The van der Waals surface area contributed by atoms with Gasteiger partial charge in [0.15, 0.2) is 11.5 Å². The minimum Gasteiger partial charge on any atom is -0.504 e. The number of hydrogen-bond acceptors (Lipinski definition) is 4. The average molecular weight is 308 g/mol. The first-order valence-corrected chi connectivity index (χ1v) is 7.53. The number of fused-ring (bicyclic) bond motifs is 1. The molecule has 3 rings (SSSR count). The van der Waals surface area contributed by atoms with E-state index in [1.165, 1.54) is 0 Å². The van der Waals surface area contributed by atoms with E-state index in [0.29, 0.717) is 5.56 Å². The fourth-order valence-electron chi connectivity index (χ4n) is 2.85. The Morgan fingerprint density at radius 3 is 2.43 bits per heavy atom. The number of aryl methyl sites for hydroxylation is 1. The number of nitrogens with two attached hydrogens (primary N) is 1. The van der Waals surface area contributed by atoms with E-state index in [0.717, 1.165) is 27.7 Å². The van der Waals surface area contributed by atoms with Gasteiger partial charge in [0, 0.05) is 22.8 Å². The highest BCUT2D eigenvalue weighted by Crippen LogP contribution is 2.35. The third kappa shape index (κ3) is 2.75. The maximum Gasteiger partial charge on any atom is 0.160 e. The Hall–Kier alpha value is -2.88. The predicted molar refractivity (Wildman–Crippen MR) is 94.9 cm³/mol. The van der Waals surface area contributed by atoms with Gasteiger partial charge in [0.05, 0.1) is 0 Å². The molecule has 0 fully saturated rings. The van der Waals surface area contributed by atoms with Crippen molar-refractivity contribution in [2.24, 2.45) is 0 Å². The van der Waals surface area contributed by atoms with Gasteiger partial charge in [-0.3, -0.25) is 0 Å². The number of nitrogen functional groups attached to an aromatic ring is 1. The van der Waals surface area contributed by atoms with Gasteiger partial charge in [-0.25, -0.2) is 0 Å². The molecule has 0 radical (unpaired) electrons. The molecule has 4 heteroatoms. The lowest BCUT2D eigenvalue weighted by Crippen LogP contribution is -2.07. The number of phenols is 2. The zero-order valence-electron chi connectivity index (χ0n) is 13.2. The molecular formula is C19H20N2O2. The SMILES string of the molecule is Cc1cc(C(C)Nc2cccc3cccc(N)c23)cc(O)c1O. The van der Waals surface area contributed by atoms with Crippen LogP contribution in [0.5, 0.6) is 11.5 Å².